The number of thiazole rings is 1. The van der Waals surface area contributed by atoms with Gasteiger partial charge in [-0.05, 0) is 37.8 Å². The van der Waals surface area contributed by atoms with Gasteiger partial charge in [0, 0.05) is 17.0 Å². The molecule has 1 aliphatic carbocycles. The molecule has 0 radical (unpaired) electrons. The van der Waals surface area contributed by atoms with Gasteiger partial charge in [-0.15, -0.1) is 11.3 Å². The zero-order valence-corrected chi connectivity index (χ0v) is 15.2. The molecule has 1 N–H and O–H groups in total. The molecule has 0 bridgehead atoms. The van der Waals surface area contributed by atoms with Crippen molar-refractivity contribution in [3.63, 3.8) is 0 Å². The Morgan fingerprint density at radius 1 is 1.42 bits per heavy atom. The van der Waals surface area contributed by atoms with Crippen molar-refractivity contribution in [3.05, 3.63) is 53.4 Å². The van der Waals surface area contributed by atoms with Crippen molar-refractivity contribution in [1.29, 1.82) is 0 Å². The van der Waals surface area contributed by atoms with E-state index >= 15 is 0 Å². The van der Waals surface area contributed by atoms with Gasteiger partial charge in [0.25, 0.3) is 0 Å². The fraction of sp³-hybridized carbons (Fsp3) is 0.316. The minimum atomic E-state index is -0.296. The molecule has 5 nitrogen and oxygen atoms in total. The first-order valence-electron chi connectivity index (χ1n) is 8.64. The number of amides is 1. The molecule has 1 fully saturated rings. The third kappa shape index (κ3) is 3.67. The molecule has 26 heavy (non-hydrogen) atoms. The molecule has 1 atom stereocenters. The van der Waals surface area contributed by atoms with E-state index in [1.165, 1.54) is 36.3 Å². The third-order valence-electron chi connectivity index (χ3n) is 4.59. The Morgan fingerprint density at radius 2 is 2.27 bits per heavy atom. The van der Waals surface area contributed by atoms with Gasteiger partial charge >= 0.3 is 0 Å². The fourth-order valence-corrected chi connectivity index (χ4v) is 3.83. The van der Waals surface area contributed by atoms with E-state index in [4.69, 9.17) is 0 Å². The number of carbonyl (C=O) groups is 1. The highest BCUT2D eigenvalue weighted by molar-refractivity contribution is 7.13. The third-order valence-corrected chi connectivity index (χ3v) is 5.53. The summed E-state index contributed by atoms with van der Waals surface area (Å²) in [5.74, 6) is 0.939. The monoisotopic (exact) mass is 370 g/mol. The highest BCUT2D eigenvalue weighted by Gasteiger charge is 2.30. The number of hydrogen-bond donors (Lipinski definition) is 1. The van der Waals surface area contributed by atoms with E-state index in [2.05, 4.69) is 22.3 Å². The van der Waals surface area contributed by atoms with E-state index in [0.717, 1.165) is 11.4 Å². The standard InChI is InChI=1S/C19H19FN4OS/c1-12(13-5-6-13)24-17(7-8-21-24)23-18(25)10-16-11-26-19(22-16)14-3-2-4-15(20)9-14/h2-4,7-9,11-13H,5-6,10H2,1H3,(H,23,25). The van der Waals surface area contributed by atoms with Crippen LogP contribution in [0.2, 0.25) is 0 Å². The number of carbonyl (C=O) groups excluding carboxylic acids is 1. The summed E-state index contributed by atoms with van der Waals surface area (Å²) in [4.78, 5) is 16.8. The second-order valence-electron chi connectivity index (χ2n) is 6.62. The van der Waals surface area contributed by atoms with E-state index in [-0.39, 0.29) is 18.1 Å². The number of aromatic nitrogens is 3. The van der Waals surface area contributed by atoms with Gasteiger partial charge in [-0.3, -0.25) is 4.79 Å². The largest absolute Gasteiger partial charge is 0.311 e. The Hall–Kier alpha value is -2.54. The fourth-order valence-electron chi connectivity index (χ4n) is 3.01. The molecule has 1 saturated carbocycles. The molecule has 2 heterocycles. The topological polar surface area (TPSA) is 59.8 Å². The molecule has 7 heteroatoms. The molecule has 4 rings (SSSR count). The Balaban J connectivity index is 1.42. The van der Waals surface area contributed by atoms with E-state index in [1.54, 1.807) is 12.3 Å². The normalized spacial score (nSPS) is 15.0. The minimum absolute atomic E-state index is 0.133. The first-order chi connectivity index (χ1) is 12.6. The van der Waals surface area contributed by atoms with E-state index in [1.807, 2.05) is 22.2 Å². The summed E-state index contributed by atoms with van der Waals surface area (Å²) in [5, 5.41) is 9.81. The number of benzene rings is 1. The van der Waals surface area contributed by atoms with Crippen LogP contribution in [0.5, 0.6) is 0 Å². The lowest BCUT2D eigenvalue weighted by atomic mass is 10.2. The van der Waals surface area contributed by atoms with E-state index < -0.39 is 0 Å². The van der Waals surface area contributed by atoms with Crippen LogP contribution in [0.25, 0.3) is 10.6 Å². The molecule has 134 valence electrons. The zero-order valence-electron chi connectivity index (χ0n) is 14.4. The molecule has 1 unspecified atom stereocenters. The molecule has 2 aromatic heterocycles. The molecule has 3 aromatic rings. The number of hydrogen-bond acceptors (Lipinski definition) is 4. The first kappa shape index (κ1) is 16.9. The van der Waals surface area contributed by atoms with Gasteiger partial charge in [0.1, 0.15) is 16.6 Å². The van der Waals surface area contributed by atoms with Crippen LogP contribution in [0.15, 0.2) is 41.9 Å². The van der Waals surface area contributed by atoms with Gasteiger partial charge in [0.15, 0.2) is 0 Å². The summed E-state index contributed by atoms with van der Waals surface area (Å²) in [6.07, 6.45) is 4.32. The van der Waals surface area contributed by atoms with Crippen molar-refractivity contribution in [2.45, 2.75) is 32.2 Å². The highest BCUT2D eigenvalue weighted by atomic mass is 32.1. The number of nitrogens with one attached hydrogen (secondary N) is 1. The smallest absolute Gasteiger partial charge is 0.231 e. The highest BCUT2D eigenvalue weighted by Crippen LogP contribution is 2.40. The average molecular weight is 370 g/mol. The van der Waals surface area contributed by atoms with E-state index in [9.17, 15) is 9.18 Å². The number of nitrogens with zero attached hydrogens (tertiary/aromatic N) is 3. The molecule has 1 amide bonds. The van der Waals surface area contributed by atoms with Crippen molar-refractivity contribution in [2.75, 3.05) is 5.32 Å². The van der Waals surface area contributed by atoms with Crippen molar-refractivity contribution in [1.82, 2.24) is 14.8 Å². The Kier molecular flexibility index (Phi) is 4.55. The van der Waals surface area contributed by atoms with Crippen LogP contribution in [-0.4, -0.2) is 20.7 Å². The quantitative estimate of drug-likeness (QED) is 0.704. The summed E-state index contributed by atoms with van der Waals surface area (Å²) in [6, 6.07) is 8.41. The van der Waals surface area contributed by atoms with Gasteiger partial charge in [0.05, 0.1) is 24.4 Å². The van der Waals surface area contributed by atoms with Gasteiger partial charge in [0.2, 0.25) is 5.91 Å². The second-order valence-corrected chi connectivity index (χ2v) is 7.48. The second kappa shape index (κ2) is 6.99. The lowest BCUT2D eigenvalue weighted by Gasteiger charge is -2.15. The molecule has 0 spiro atoms. The zero-order chi connectivity index (χ0) is 18.1. The summed E-state index contributed by atoms with van der Waals surface area (Å²) in [6.45, 7) is 2.13. The molecular formula is C19H19FN4OS. The van der Waals surface area contributed by atoms with Crippen LogP contribution in [0, 0.1) is 11.7 Å². The van der Waals surface area contributed by atoms with Crippen molar-refractivity contribution >= 4 is 23.1 Å². The van der Waals surface area contributed by atoms with Gasteiger partial charge in [-0.2, -0.15) is 5.10 Å². The average Bonchev–Trinajstić information content (AvgIpc) is 3.20. The van der Waals surface area contributed by atoms with Crippen LogP contribution in [-0.2, 0) is 11.2 Å². The minimum Gasteiger partial charge on any atom is -0.311 e. The molecule has 0 saturated heterocycles. The molecular weight excluding hydrogens is 351 g/mol. The van der Waals surface area contributed by atoms with Crippen LogP contribution in [0.4, 0.5) is 10.2 Å². The maximum absolute atomic E-state index is 13.4. The first-order valence-corrected chi connectivity index (χ1v) is 9.52. The lowest BCUT2D eigenvalue weighted by molar-refractivity contribution is -0.115. The molecule has 0 aliphatic heterocycles. The van der Waals surface area contributed by atoms with Crippen LogP contribution < -0.4 is 5.32 Å². The van der Waals surface area contributed by atoms with Crippen molar-refractivity contribution < 1.29 is 9.18 Å². The van der Waals surface area contributed by atoms with Crippen molar-refractivity contribution in [3.8, 4) is 10.6 Å². The summed E-state index contributed by atoms with van der Waals surface area (Å²) in [5.41, 5.74) is 1.39. The maximum Gasteiger partial charge on any atom is 0.231 e. The van der Waals surface area contributed by atoms with Crippen LogP contribution in [0.1, 0.15) is 31.5 Å². The SMILES string of the molecule is CC(C1CC1)n1nccc1NC(=O)Cc1csc(-c2cccc(F)c2)n1. The van der Waals surface area contributed by atoms with Crippen molar-refractivity contribution in [2.24, 2.45) is 5.92 Å². The Morgan fingerprint density at radius 3 is 3.04 bits per heavy atom. The summed E-state index contributed by atoms with van der Waals surface area (Å²) < 4.78 is 15.2. The number of anilines is 1. The Labute approximate surface area is 154 Å². The van der Waals surface area contributed by atoms with Gasteiger partial charge < -0.3 is 5.32 Å². The van der Waals surface area contributed by atoms with E-state index in [0.29, 0.717) is 22.7 Å². The Bertz CT molecular complexity index is 931. The maximum atomic E-state index is 13.4. The predicted octanol–water partition coefficient (Wildman–Crippen LogP) is 4.30. The number of rotatable bonds is 6. The van der Waals surface area contributed by atoms with Gasteiger partial charge in [-0.1, -0.05) is 12.1 Å². The summed E-state index contributed by atoms with van der Waals surface area (Å²) >= 11 is 1.41. The van der Waals surface area contributed by atoms with Crippen LogP contribution >= 0.6 is 11.3 Å². The predicted molar refractivity (Wildman–Crippen MR) is 99.5 cm³/mol. The summed E-state index contributed by atoms with van der Waals surface area (Å²) in [7, 11) is 0. The molecule has 1 aliphatic rings. The molecule has 1 aromatic carbocycles. The number of halogens is 1. The van der Waals surface area contributed by atoms with Gasteiger partial charge in [-0.25, -0.2) is 14.1 Å². The van der Waals surface area contributed by atoms with Crippen LogP contribution in [0.3, 0.4) is 0 Å². The lowest BCUT2D eigenvalue weighted by Crippen LogP contribution is -2.19.